The van der Waals surface area contributed by atoms with Crippen LogP contribution in [0.3, 0.4) is 0 Å². The Morgan fingerprint density at radius 1 is 0.767 bits per heavy atom. The molecule has 2 aromatic carbocycles. The maximum absolute atomic E-state index is 11.5. The number of ether oxygens (including phenoxy) is 2. The molecule has 0 amide bonds. The molecular weight excluding hydrogens is 378 g/mol. The van der Waals surface area contributed by atoms with Crippen molar-refractivity contribution in [3.63, 3.8) is 0 Å². The van der Waals surface area contributed by atoms with Crippen molar-refractivity contribution in [1.82, 2.24) is 0 Å². The van der Waals surface area contributed by atoms with E-state index in [1.165, 1.54) is 11.1 Å². The number of methoxy groups -OCH3 is 2. The molecule has 3 rings (SSSR count). The van der Waals surface area contributed by atoms with Gasteiger partial charge in [-0.25, -0.2) is 0 Å². The number of hydrogen-bond acceptors (Lipinski definition) is 4. The number of nitro benzene ring substituents is 1. The van der Waals surface area contributed by atoms with Crippen LogP contribution >= 0.6 is 0 Å². The fourth-order valence-electron chi connectivity index (χ4n) is 4.37. The second kappa shape index (κ2) is 9.07. The Morgan fingerprint density at radius 3 is 1.63 bits per heavy atom. The van der Waals surface area contributed by atoms with Gasteiger partial charge >= 0.3 is 0 Å². The quantitative estimate of drug-likeness (QED) is 0.461. The van der Waals surface area contributed by atoms with Crippen LogP contribution in [0.5, 0.6) is 11.5 Å². The van der Waals surface area contributed by atoms with E-state index in [4.69, 9.17) is 9.47 Å². The normalized spacial score (nSPS) is 14.8. The monoisotopic (exact) mass is 411 g/mol. The van der Waals surface area contributed by atoms with Crippen LogP contribution in [-0.4, -0.2) is 19.1 Å². The Kier molecular flexibility index (Phi) is 6.69. The van der Waals surface area contributed by atoms with Crippen molar-refractivity contribution >= 4 is 5.69 Å². The molecule has 0 saturated heterocycles. The summed E-state index contributed by atoms with van der Waals surface area (Å²) in [6.45, 7) is 6.69. The van der Waals surface area contributed by atoms with E-state index in [1.54, 1.807) is 26.4 Å². The minimum atomic E-state index is -0.302. The summed E-state index contributed by atoms with van der Waals surface area (Å²) >= 11 is 0. The third-order valence-electron chi connectivity index (χ3n) is 6.01. The molecular formula is C25H33NO4. The van der Waals surface area contributed by atoms with Crippen molar-refractivity contribution in [2.45, 2.75) is 71.1 Å². The molecule has 1 aliphatic carbocycles. The topological polar surface area (TPSA) is 61.6 Å². The molecule has 162 valence electrons. The van der Waals surface area contributed by atoms with Gasteiger partial charge in [-0.15, -0.1) is 0 Å². The molecule has 1 aliphatic rings. The van der Waals surface area contributed by atoms with E-state index in [9.17, 15) is 10.1 Å². The van der Waals surface area contributed by atoms with Crippen molar-refractivity contribution < 1.29 is 14.4 Å². The highest BCUT2D eigenvalue weighted by atomic mass is 16.6. The first-order chi connectivity index (χ1) is 14.2. The number of nitro groups is 1. The van der Waals surface area contributed by atoms with Gasteiger partial charge in [0.2, 0.25) is 0 Å². The van der Waals surface area contributed by atoms with Crippen LogP contribution in [0.4, 0.5) is 5.69 Å². The summed E-state index contributed by atoms with van der Waals surface area (Å²) in [5.74, 6) is 1.76. The molecule has 0 fully saturated rings. The largest absolute Gasteiger partial charge is 0.496 e. The van der Waals surface area contributed by atoms with Crippen molar-refractivity contribution in [2.75, 3.05) is 14.2 Å². The highest BCUT2D eigenvalue weighted by Crippen LogP contribution is 2.36. The summed E-state index contributed by atoms with van der Waals surface area (Å²) in [4.78, 5) is 11.2. The van der Waals surface area contributed by atoms with Gasteiger partial charge in [0.25, 0.3) is 5.69 Å². The Labute approximate surface area is 179 Å². The number of aryl methyl sites for hydroxylation is 4. The van der Waals surface area contributed by atoms with Gasteiger partial charge in [0.1, 0.15) is 11.5 Å². The van der Waals surface area contributed by atoms with Crippen LogP contribution in [0.2, 0.25) is 0 Å². The van der Waals surface area contributed by atoms with Gasteiger partial charge in [-0.05, 0) is 60.6 Å². The highest BCUT2D eigenvalue weighted by Gasteiger charge is 2.22. The van der Waals surface area contributed by atoms with Gasteiger partial charge in [0.15, 0.2) is 0 Å². The lowest BCUT2D eigenvalue weighted by molar-refractivity contribution is -0.385. The predicted molar refractivity (Wildman–Crippen MR) is 120 cm³/mol. The summed E-state index contributed by atoms with van der Waals surface area (Å²) in [5, 5.41) is 11.5. The first-order valence-corrected chi connectivity index (χ1v) is 10.8. The van der Waals surface area contributed by atoms with Crippen LogP contribution in [0.25, 0.3) is 0 Å². The van der Waals surface area contributed by atoms with Crippen LogP contribution in [0.15, 0.2) is 24.3 Å². The van der Waals surface area contributed by atoms with E-state index in [-0.39, 0.29) is 16.0 Å². The minimum Gasteiger partial charge on any atom is -0.496 e. The number of nitrogens with zero attached hydrogens (tertiary/aromatic N) is 1. The maximum atomic E-state index is 11.5. The zero-order valence-electron chi connectivity index (χ0n) is 18.8. The molecule has 0 unspecified atom stereocenters. The molecule has 0 aromatic heterocycles. The standard InChI is InChI=1S/C25H33NO4/c1-25(2,3)21-13-17-9-7-6-8-10-18-15-22(26(27)28)16-20(24(18)30-5)12-11-19(14-21)23(17)29-4/h13-16H,6-12H2,1-5H3. The van der Waals surface area contributed by atoms with Gasteiger partial charge in [0.05, 0.1) is 19.1 Å². The minimum absolute atomic E-state index is 0.0418. The lowest BCUT2D eigenvalue weighted by Gasteiger charge is -2.24. The Balaban J connectivity index is 2.12. The van der Waals surface area contributed by atoms with E-state index in [0.717, 1.165) is 66.7 Å². The molecule has 0 aliphatic heterocycles. The Bertz CT molecular complexity index is 928. The van der Waals surface area contributed by atoms with E-state index in [2.05, 4.69) is 32.9 Å². The first-order valence-electron chi connectivity index (χ1n) is 10.8. The smallest absolute Gasteiger partial charge is 0.270 e. The Hall–Kier alpha value is -2.56. The van der Waals surface area contributed by atoms with Crippen LogP contribution in [0.1, 0.15) is 67.9 Å². The fraction of sp³-hybridized carbons (Fsp3) is 0.520. The molecule has 5 heteroatoms. The van der Waals surface area contributed by atoms with Gasteiger partial charge in [-0.3, -0.25) is 10.1 Å². The van der Waals surface area contributed by atoms with Crippen LogP contribution in [0, 0.1) is 10.1 Å². The molecule has 4 bridgehead atoms. The summed E-state index contributed by atoms with van der Waals surface area (Å²) in [7, 11) is 3.40. The third kappa shape index (κ3) is 4.77. The van der Waals surface area contributed by atoms with Gasteiger partial charge in [-0.1, -0.05) is 39.3 Å². The van der Waals surface area contributed by atoms with E-state index >= 15 is 0 Å². The summed E-state index contributed by atoms with van der Waals surface area (Å²) in [5.41, 5.74) is 5.75. The van der Waals surface area contributed by atoms with Gasteiger partial charge in [-0.2, -0.15) is 0 Å². The van der Waals surface area contributed by atoms with Crippen molar-refractivity contribution in [3.05, 3.63) is 62.2 Å². The average molecular weight is 412 g/mol. The molecule has 5 nitrogen and oxygen atoms in total. The number of rotatable bonds is 3. The summed E-state index contributed by atoms with van der Waals surface area (Å²) in [6, 6.07) is 7.89. The first kappa shape index (κ1) is 22.1. The second-order valence-electron chi connectivity index (χ2n) is 9.19. The van der Waals surface area contributed by atoms with Crippen LogP contribution in [-0.2, 0) is 31.1 Å². The molecule has 0 spiro atoms. The average Bonchev–Trinajstić information content (AvgIpc) is 2.69. The zero-order chi connectivity index (χ0) is 21.9. The molecule has 0 radical (unpaired) electrons. The molecule has 0 heterocycles. The van der Waals surface area contributed by atoms with E-state index in [0.29, 0.717) is 6.42 Å². The van der Waals surface area contributed by atoms with Crippen molar-refractivity contribution in [1.29, 1.82) is 0 Å². The SMILES string of the molecule is COc1c2cc([N+](=O)[O-])cc1CCc1cc(C(C)(C)C)cc(c1OC)CCCCC2. The summed E-state index contributed by atoms with van der Waals surface area (Å²) < 4.78 is 11.6. The van der Waals surface area contributed by atoms with Gasteiger partial charge < -0.3 is 9.47 Å². The predicted octanol–water partition coefficient (Wildman–Crippen LogP) is 5.96. The van der Waals surface area contributed by atoms with Crippen molar-refractivity contribution in [3.8, 4) is 11.5 Å². The molecule has 0 N–H and O–H groups in total. The maximum Gasteiger partial charge on any atom is 0.270 e. The summed E-state index contributed by atoms with van der Waals surface area (Å²) in [6.07, 6.45) is 6.28. The number of hydrogen-bond donors (Lipinski definition) is 0. The van der Waals surface area contributed by atoms with E-state index in [1.807, 2.05) is 0 Å². The van der Waals surface area contributed by atoms with E-state index < -0.39 is 0 Å². The second-order valence-corrected chi connectivity index (χ2v) is 9.19. The van der Waals surface area contributed by atoms with Gasteiger partial charge in [0, 0.05) is 23.3 Å². The molecule has 2 aromatic rings. The molecule has 0 atom stereocenters. The van der Waals surface area contributed by atoms with Crippen molar-refractivity contribution in [2.24, 2.45) is 0 Å². The molecule has 0 saturated carbocycles. The highest BCUT2D eigenvalue weighted by molar-refractivity contribution is 5.52. The van der Waals surface area contributed by atoms with Crippen LogP contribution < -0.4 is 9.47 Å². The fourth-order valence-corrected chi connectivity index (χ4v) is 4.37. The lowest BCUT2D eigenvalue weighted by Crippen LogP contribution is -2.13. The third-order valence-corrected chi connectivity index (χ3v) is 6.01. The number of fused-ring (bicyclic) bond motifs is 4. The zero-order valence-corrected chi connectivity index (χ0v) is 18.8. The number of non-ortho nitro benzene ring substituents is 1. The molecule has 30 heavy (non-hydrogen) atoms. The lowest BCUT2D eigenvalue weighted by atomic mass is 9.83. The Morgan fingerprint density at radius 2 is 1.20 bits per heavy atom. The number of benzene rings is 2.